The summed E-state index contributed by atoms with van der Waals surface area (Å²) in [5.41, 5.74) is -1.31. The van der Waals surface area contributed by atoms with Gasteiger partial charge in [-0.1, -0.05) is 45.9 Å². The number of Topliss-reactive ketones (excluding diaryl/α,β-unsaturated/α-hetero) is 2. The van der Waals surface area contributed by atoms with E-state index in [1.54, 1.807) is 39.8 Å². The van der Waals surface area contributed by atoms with Gasteiger partial charge in [0, 0.05) is 61.8 Å². The van der Waals surface area contributed by atoms with Crippen molar-refractivity contribution in [3.63, 3.8) is 0 Å². The summed E-state index contributed by atoms with van der Waals surface area (Å²) in [7, 11) is 1.42. The van der Waals surface area contributed by atoms with Gasteiger partial charge in [0.05, 0.1) is 47.0 Å². The van der Waals surface area contributed by atoms with Crippen molar-refractivity contribution in [2.75, 3.05) is 7.11 Å². The number of carbonyl (C=O) groups excluding carboxylic acids is 5. The third kappa shape index (κ3) is 7.03. The number of ketones is 3. The number of methoxy groups -OCH3 is 1. The molecule has 9 atom stereocenters. The molecular formula is C37H45NO12. The number of benzene rings is 1. The topological polar surface area (TPSA) is 195 Å². The van der Waals surface area contributed by atoms with Gasteiger partial charge in [0.25, 0.3) is 11.7 Å². The number of phenols is 1. The highest BCUT2D eigenvalue weighted by atomic mass is 16.7. The fourth-order valence-corrected chi connectivity index (χ4v) is 6.62. The van der Waals surface area contributed by atoms with E-state index in [4.69, 9.17) is 18.9 Å². The number of esters is 1. The summed E-state index contributed by atoms with van der Waals surface area (Å²) < 4.78 is 23.1. The highest BCUT2D eigenvalue weighted by Crippen LogP contribution is 2.47. The van der Waals surface area contributed by atoms with E-state index in [1.165, 1.54) is 47.0 Å². The van der Waals surface area contributed by atoms with Gasteiger partial charge in [0.15, 0.2) is 5.78 Å². The lowest BCUT2D eigenvalue weighted by Gasteiger charge is -2.38. The Kier molecular flexibility index (Phi) is 11.2. The third-order valence-corrected chi connectivity index (χ3v) is 9.80. The van der Waals surface area contributed by atoms with Crippen LogP contribution in [0.4, 0.5) is 0 Å². The first-order chi connectivity index (χ1) is 23.4. The Bertz CT molecular complexity index is 1720. The lowest BCUT2D eigenvalue weighted by atomic mass is 9.78. The summed E-state index contributed by atoms with van der Waals surface area (Å²) in [5, 5.41) is 36.1. The number of allylic oxidation sites excluding steroid dienone is 4. The SMILES string of the molecule is CO[C@H]1/C=C\O[C@@]2(C)Oc3c(C)c(O)c4c(c3C2=O)C(=O)C=C(NC(=O)/C(C)=C\C=C/[C@H](C)C(O)[C@@H](C)[C@@H](O)[C@@H](C)[C@H](OC(C)=O)[C@@H]1C)C4=O. The minimum absolute atomic E-state index is 0.00885. The molecule has 0 saturated heterocycles. The zero-order valence-corrected chi connectivity index (χ0v) is 29.6. The summed E-state index contributed by atoms with van der Waals surface area (Å²) in [6.07, 6.45) is 4.31. The summed E-state index contributed by atoms with van der Waals surface area (Å²) >= 11 is 0. The molecule has 0 radical (unpaired) electrons. The molecule has 5 rings (SSSR count). The van der Waals surface area contributed by atoms with Crippen molar-refractivity contribution in [3.05, 3.63) is 70.2 Å². The van der Waals surface area contributed by atoms with Crippen molar-refractivity contribution in [2.24, 2.45) is 23.7 Å². The molecule has 3 aliphatic heterocycles. The van der Waals surface area contributed by atoms with Crippen LogP contribution >= 0.6 is 0 Å². The molecule has 1 amide bonds. The van der Waals surface area contributed by atoms with Crippen molar-refractivity contribution in [2.45, 2.75) is 85.6 Å². The molecule has 0 saturated carbocycles. The first-order valence-electron chi connectivity index (χ1n) is 16.4. The molecule has 0 aromatic heterocycles. The lowest BCUT2D eigenvalue weighted by Crippen LogP contribution is -2.46. The summed E-state index contributed by atoms with van der Waals surface area (Å²) in [6, 6.07) is 0. The van der Waals surface area contributed by atoms with Crippen LogP contribution in [0.15, 0.2) is 47.9 Å². The van der Waals surface area contributed by atoms with Gasteiger partial charge >= 0.3 is 11.8 Å². The van der Waals surface area contributed by atoms with Crippen molar-refractivity contribution in [1.82, 2.24) is 5.32 Å². The maximum atomic E-state index is 13.9. The van der Waals surface area contributed by atoms with Crippen LogP contribution in [0.3, 0.4) is 0 Å². The van der Waals surface area contributed by atoms with Crippen molar-refractivity contribution in [1.29, 1.82) is 0 Å². The summed E-state index contributed by atoms with van der Waals surface area (Å²) in [6.45, 7) is 12.3. The van der Waals surface area contributed by atoms with Gasteiger partial charge < -0.3 is 39.6 Å². The van der Waals surface area contributed by atoms with E-state index in [9.17, 15) is 39.3 Å². The Labute approximate surface area is 290 Å². The molecule has 1 aromatic rings. The minimum atomic E-state index is -2.03. The maximum Gasteiger partial charge on any atom is 0.312 e. The third-order valence-electron chi connectivity index (χ3n) is 9.80. The number of aliphatic hydroxyl groups excluding tert-OH is 2. The Morgan fingerprint density at radius 2 is 1.60 bits per heavy atom. The number of amides is 1. The number of ether oxygens (including phenoxy) is 4. The van der Waals surface area contributed by atoms with Crippen LogP contribution in [0.1, 0.15) is 85.1 Å². The molecule has 0 fully saturated rings. The standard InChI is InChI=1S/C37H45NO12/c1-16-11-10-12-17(2)36(46)38-23-15-24(40)26-27(32(23)44)31(43)21(6)34-28(26)35(45)37(8,50-34)48-14-13-25(47-9)18(3)33(49-22(7)39)20(5)30(42)19(4)29(16)41/h10-16,18-20,25,29-30,33,41-43H,1-9H3,(H,38,46)/b11-10-,14-13-,17-12-/t16-,18+,19+,20+,25-,29?,30+,33+,37-/m0/s1. The van der Waals surface area contributed by atoms with E-state index in [2.05, 4.69) is 5.32 Å². The van der Waals surface area contributed by atoms with Gasteiger partial charge in [-0.15, -0.1) is 0 Å². The van der Waals surface area contributed by atoms with Gasteiger partial charge in [0.2, 0.25) is 5.78 Å². The molecule has 4 N–H and O–H groups in total. The number of aromatic hydroxyl groups is 1. The van der Waals surface area contributed by atoms with Gasteiger partial charge in [-0.25, -0.2) is 0 Å². The zero-order valence-electron chi connectivity index (χ0n) is 29.6. The van der Waals surface area contributed by atoms with Crippen LogP contribution in [-0.2, 0) is 23.8 Å². The van der Waals surface area contributed by atoms with Crippen molar-refractivity contribution in [3.8, 4) is 11.5 Å². The number of aliphatic hydroxyl groups is 2. The molecule has 0 spiro atoms. The summed E-state index contributed by atoms with van der Waals surface area (Å²) in [5.74, 6) is -8.99. The Morgan fingerprint density at radius 3 is 2.22 bits per heavy atom. The predicted octanol–water partition coefficient (Wildman–Crippen LogP) is 3.63. The minimum Gasteiger partial charge on any atom is -0.507 e. The molecule has 5 bridgehead atoms. The second-order valence-corrected chi connectivity index (χ2v) is 13.4. The van der Waals surface area contributed by atoms with Gasteiger partial charge in [0.1, 0.15) is 17.6 Å². The quantitative estimate of drug-likeness (QED) is 0.329. The smallest absolute Gasteiger partial charge is 0.312 e. The zero-order chi connectivity index (χ0) is 37.4. The van der Waals surface area contributed by atoms with E-state index < -0.39 is 100 Å². The molecule has 13 nitrogen and oxygen atoms in total. The van der Waals surface area contributed by atoms with Crippen LogP contribution in [0, 0.1) is 30.6 Å². The second-order valence-electron chi connectivity index (χ2n) is 13.4. The Hall–Kier alpha value is -4.59. The summed E-state index contributed by atoms with van der Waals surface area (Å²) in [4.78, 5) is 66.2. The Morgan fingerprint density at radius 1 is 0.940 bits per heavy atom. The molecule has 1 aliphatic carbocycles. The molecule has 4 aliphatic rings. The average molecular weight is 696 g/mol. The molecule has 1 aromatic carbocycles. The number of phenolic OH excluding ortho intramolecular Hbond substituents is 1. The largest absolute Gasteiger partial charge is 0.507 e. The van der Waals surface area contributed by atoms with Gasteiger partial charge in [-0.2, -0.15) is 0 Å². The monoisotopic (exact) mass is 695 g/mol. The molecule has 3 heterocycles. The van der Waals surface area contributed by atoms with Crippen LogP contribution in [0.25, 0.3) is 0 Å². The predicted molar refractivity (Wildman–Crippen MR) is 179 cm³/mol. The Balaban J connectivity index is 1.83. The van der Waals surface area contributed by atoms with E-state index >= 15 is 0 Å². The maximum absolute atomic E-state index is 13.9. The van der Waals surface area contributed by atoms with E-state index in [-0.39, 0.29) is 28.0 Å². The number of nitrogens with one attached hydrogen (secondary N) is 1. The van der Waals surface area contributed by atoms with Crippen molar-refractivity contribution < 1.29 is 58.2 Å². The molecule has 13 heteroatoms. The van der Waals surface area contributed by atoms with E-state index in [0.717, 1.165) is 12.3 Å². The molecule has 270 valence electrons. The van der Waals surface area contributed by atoms with Crippen LogP contribution in [0.5, 0.6) is 11.5 Å². The second kappa shape index (κ2) is 14.7. The fraction of sp³-hybridized carbons (Fsp3) is 0.486. The number of rotatable bonds is 2. The highest BCUT2D eigenvalue weighted by Gasteiger charge is 2.51. The first kappa shape index (κ1) is 38.2. The number of fused-ring (bicyclic) bond motifs is 14. The number of hydrogen-bond acceptors (Lipinski definition) is 12. The number of carbonyl (C=O) groups is 5. The molecular weight excluding hydrogens is 650 g/mol. The van der Waals surface area contributed by atoms with Gasteiger partial charge in [-0.05, 0) is 19.9 Å². The molecule has 50 heavy (non-hydrogen) atoms. The average Bonchev–Trinajstić information content (AvgIpc) is 3.33. The first-order valence-corrected chi connectivity index (χ1v) is 16.4. The van der Waals surface area contributed by atoms with Crippen LogP contribution in [-0.4, -0.2) is 81.9 Å². The van der Waals surface area contributed by atoms with Crippen LogP contribution in [0.2, 0.25) is 0 Å². The lowest BCUT2D eigenvalue weighted by molar-refractivity contribution is -0.160. The van der Waals surface area contributed by atoms with Crippen molar-refractivity contribution >= 4 is 29.2 Å². The molecule has 1 unspecified atom stereocenters. The highest BCUT2D eigenvalue weighted by molar-refractivity contribution is 6.30. The number of hydrogen-bond donors (Lipinski definition) is 4. The van der Waals surface area contributed by atoms with E-state index in [0.29, 0.717) is 0 Å². The fourth-order valence-electron chi connectivity index (χ4n) is 6.62. The normalized spacial score (nSPS) is 34.5. The van der Waals surface area contributed by atoms with E-state index in [1.807, 2.05) is 0 Å². The van der Waals surface area contributed by atoms with Crippen LogP contribution < -0.4 is 10.1 Å². The van der Waals surface area contributed by atoms with Gasteiger partial charge in [-0.3, -0.25) is 24.0 Å².